The summed E-state index contributed by atoms with van der Waals surface area (Å²) in [5.74, 6) is 0. The van der Waals surface area contributed by atoms with Crippen LogP contribution in [0, 0.1) is 6.07 Å². The third-order valence-electron chi connectivity index (χ3n) is 5.44. The molecule has 0 N–H and O–H groups in total. The van der Waals surface area contributed by atoms with Crippen LogP contribution in [0.1, 0.15) is 28.7 Å². The molecule has 21 heavy (non-hydrogen) atoms. The molecule has 0 fully saturated rings. The fourth-order valence-electron chi connectivity index (χ4n) is 4.41. The van der Waals surface area contributed by atoms with Crippen molar-refractivity contribution >= 4 is 18.8 Å². The van der Waals surface area contributed by atoms with E-state index in [0.717, 1.165) is 6.42 Å². The zero-order valence-corrected chi connectivity index (χ0v) is 13.4. The predicted octanol–water partition coefficient (Wildman–Crippen LogP) is 4.41. The lowest BCUT2D eigenvalue weighted by atomic mass is 9.97. The van der Waals surface area contributed by atoms with E-state index in [9.17, 15) is 0 Å². The van der Waals surface area contributed by atoms with E-state index in [1.54, 1.807) is 16.3 Å². The van der Waals surface area contributed by atoms with Crippen LogP contribution in [0.3, 0.4) is 0 Å². The molecule has 2 aromatic carbocycles. The van der Waals surface area contributed by atoms with Gasteiger partial charge in [0.2, 0.25) is 0 Å². The molecule has 1 heteroatoms. The summed E-state index contributed by atoms with van der Waals surface area (Å²) in [5.41, 5.74) is 9.58. The first kappa shape index (κ1) is 11.8. The summed E-state index contributed by atoms with van der Waals surface area (Å²) in [6.45, 7) is 5.01. The van der Waals surface area contributed by atoms with E-state index in [1.807, 2.05) is 0 Å². The van der Waals surface area contributed by atoms with Gasteiger partial charge in [-0.2, -0.15) is 0 Å². The Morgan fingerprint density at radius 1 is 1.14 bits per heavy atom. The summed E-state index contributed by atoms with van der Waals surface area (Å²) in [6.07, 6.45) is 7.71. The minimum atomic E-state index is -1.39. The summed E-state index contributed by atoms with van der Waals surface area (Å²) in [5, 5.41) is 1.57. The zero-order chi connectivity index (χ0) is 14.2. The van der Waals surface area contributed by atoms with Crippen LogP contribution in [0.25, 0.3) is 16.7 Å². The highest BCUT2D eigenvalue weighted by Gasteiger charge is 2.52. The topological polar surface area (TPSA) is 0 Å². The third kappa shape index (κ3) is 1.31. The van der Waals surface area contributed by atoms with Crippen LogP contribution >= 0.6 is 0 Å². The van der Waals surface area contributed by atoms with Crippen LogP contribution in [0.15, 0.2) is 48.6 Å². The van der Waals surface area contributed by atoms with E-state index in [2.05, 4.69) is 67.7 Å². The van der Waals surface area contributed by atoms with Crippen molar-refractivity contribution in [3.05, 3.63) is 71.3 Å². The Morgan fingerprint density at radius 2 is 2.00 bits per heavy atom. The van der Waals surface area contributed by atoms with Gasteiger partial charge in [0.05, 0.1) is 8.07 Å². The van der Waals surface area contributed by atoms with Crippen molar-refractivity contribution in [3.8, 4) is 11.1 Å². The van der Waals surface area contributed by atoms with Crippen LogP contribution in [0.5, 0.6) is 0 Å². The summed E-state index contributed by atoms with van der Waals surface area (Å²) >= 11 is 0. The molecule has 0 aromatic heterocycles. The van der Waals surface area contributed by atoms with E-state index in [0.29, 0.717) is 5.54 Å². The molecule has 1 aliphatic heterocycles. The molecule has 0 saturated carbocycles. The molecule has 0 spiro atoms. The molecular weight excluding hydrogens is 268 g/mol. The SMILES string of the molecule is C[Si]1(C)c2[c]c(C3=CC=CC3)cc3c2C1c1ccccc1-3. The van der Waals surface area contributed by atoms with Crippen molar-refractivity contribution in [2.75, 3.05) is 0 Å². The normalized spacial score (nSPS) is 22.6. The first-order valence-corrected chi connectivity index (χ1v) is 10.8. The van der Waals surface area contributed by atoms with Crippen LogP contribution in [-0.4, -0.2) is 8.07 Å². The quantitative estimate of drug-likeness (QED) is 0.681. The monoisotopic (exact) mass is 285 g/mol. The Labute approximate surface area is 126 Å². The Hall–Kier alpha value is -1.86. The lowest BCUT2D eigenvalue weighted by Gasteiger charge is -2.43. The van der Waals surface area contributed by atoms with Gasteiger partial charge in [-0.05, 0) is 57.1 Å². The van der Waals surface area contributed by atoms with Crippen LogP contribution in [-0.2, 0) is 0 Å². The van der Waals surface area contributed by atoms with Gasteiger partial charge in [-0.1, -0.05) is 55.6 Å². The van der Waals surface area contributed by atoms with Crippen LogP contribution in [0.4, 0.5) is 0 Å². The van der Waals surface area contributed by atoms with Gasteiger partial charge in [-0.15, -0.1) is 0 Å². The highest BCUT2D eigenvalue weighted by Crippen LogP contribution is 2.54. The minimum absolute atomic E-state index is 0.708. The molecule has 1 atom stereocenters. The van der Waals surface area contributed by atoms with E-state index in [1.165, 1.54) is 22.3 Å². The van der Waals surface area contributed by atoms with E-state index in [4.69, 9.17) is 0 Å². The summed E-state index contributed by atoms with van der Waals surface area (Å²) in [6, 6.07) is 15.2. The van der Waals surface area contributed by atoms with Gasteiger partial charge in [0.25, 0.3) is 0 Å². The average Bonchev–Trinajstić information content (AvgIpc) is 3.11. The van der Waals surface area contributed by atoms with E-state index < -0.39 is 8.07 Å². The molecule has 101 valence electrons. The molecule has 5 rings (SSSR count). The second-order valence-corrected chi connectivity index (χ2v) is 11.5. The van der Waals surface area contributed by atoms with Gasteiger partial charge in [0.1, 0.15) is 0 Å². The maximum Gasteiger partial charge on any atom is 0.0940 e. The van der Waals surface area contributed by atoms with Gasteiger partial charge >= 0.3 is 0 Å². The molecule has 0 amide bonds. The Bertz CT molecular complexity index is 852. The number of fused-ring (bicyclic) bond motifs is 3. The predicted molar refractivity (Wildman–Crippen MR) is 91.4 cm³/mol. The smallest absolute Gasteiger partial charge is 0.0801 e. The maximum absolute atomic E-state index is 3.79. The summed E-state index contributed by atoms with van der Waals surface area (Å²) in [7, 11) is -1.39. The van der Waals surface area contributed by atoms with Crippen LogP contribution in [0.2, 0.25) is 13.1 Å². The molecule has 0 nitrogen and oxygen atoms in total. The minimum Gasteiger partial charge on any atom is -0.0801 e. The Morgan fingerprint density at radius 3 is 2.81 bits per heavy atom. The summed E-state index contributed by atoms with van der Waals surface area (Å²) < 4.78 is 0. The maximum atomic E-state index is 3.79. The van der Waals surface area contributed by atoms with Gasteiger partial charge in [-0.3, -0.25) is 0 Å². The summed E-state index contributed by atoms with van der Waals surface area (Å²) in [4.78, 5) is 0. The molecule has 2 aromatic rings. The lowest BCUT2D eigenvalue weighted by Crippen LogP contribution is -2.59. The second kappa shape index (κ2) is 3.66. The Balaban J connectivity index is 1.81. The second-order valence-electron chi connectivity index (χ2n) is 6.95. The highest BCUT2D eigenvalue weighted by molar-refractivity contribution is 6.96. The molecule has 1 heterocycles. The molecule has 1 unspecified atom stereocenters. The largest absolute Gasteiger partial charge is 0.0940 e. The van der Waals surface area contributed by atoms with Crippen molar-refractivity contribution in [3.63, 3.8) is 0 Å². The molecule has 0 saturated heterocycles. The van der Waals surface area contributed by atoms with E-state index >= 15 is 0 Å². The Kier molecular flexibility index (Phi) is 2.05. The van der Waals surface area contributed by atoms with Gasteiger partial charge < -0.3 is 0 Å². The van der Waals surface area contributed by atoms with Gasteiger partial charge in [0, 0.05) is 5.54 Å². The zero-order valence-electron chi connectivity index (χ0n) is 12.4. The number of benzene rings is 2. The van der Waals surface area contributed by atoms with Crippen molar-refractivity contribution in [2.45, 2.75) is 25.1 Å². The molecule has 3 aliphatic rings. The fourth-order valence-corrected chi connectivity index (χ4v) is 7.95. The van der Waals surface area contributed by atoms with Gasteiger partial charge in [0.15, 0.2) is 0 Å². The first-order valence-electron chi connectivity index (χ1n) is 7.74. The molecule has 2 aliphatic carbocycles. The highest BCUT2D eigenvalue weighted by atomic mass is 28.3. The van der Waals surface area contributed by atoms with Crippen molar-refractivity contribution in [2.24, 2.45) is 0 Å². The van der Waals surface area contributed by atoms with Gasteiger partial charge in [-0.25, -0.2) is 0 Å². The van der Waals surface area contributed by atoms with Crippen LogP contribution < -0.4 is 5.19 Å². The number of allylic oxidation sites excluding steroid dienone is 4. The van der Waals surface area contributed by atoms with Crippen molar-refractivity contribution < 1.29 is 0 Å². The molecule has 1 radical (unpaired) electrons. The average molecular weight is 285 g/mol. The molecule has 0 bridgehead atoms. The standard InChI is InChI=1S/C20H17Si/c1-21(2)18-12-14(13-7-3-4-8-13)11-17-15-9-5-6-10-16(15)20(21)19(17)18/h3-7,9-11,20H,8H2,1-2H3. The lowest BCUT2D eigenvalue weighted by molar-refractivity contribution is 1.09. The third-order valence-corrected chi connectivity index (χ3v) is 9.17. The van der Waals surface area contributed by atoms with E-state index in [-0.39, 0.29) is 0 Å². The van der Waals surface area contributed by atoms with Crippen molar-refractivity contribution in [1.82, 2.24) is 0 Å². The fraction of sp³-hybridized carbons (Fsp3) is 0.200. The number of hydrogen-bond acceptors (Lipinski definition) is 0. The number of hydrogen-bond donors (Lipinski definition) is 0. The first-order chi connectivity index (χ1) is 10.2. The van der Waals surface area contributed by atoms with Crippen molar-refractivity contribution in [1.29, 1.82) is 0 Å². The molecular formula is C20H17Si. The number of rotatable bonds is 1.